The van der Waals surface area contributed by atoms with E-state index in [0.717, 1.165) is 0 Å². The Balaban J connectivity index is 2.51. The highest BCUT2D eigenvalue weighted by Crippen LogP contribution is 2.16. The Bertz CT molecular complexity index is 628. The van der Waals surface area contributed by atoms with Gasteiger partial charge in [0.2, 0.25) is 0 Å². The Kier molecular flexibility index (Phi) is 3.06. The number of Topliss-reactive ketones (excluding diaryl/α,β-unsaturated/α-hetero) is 3. The molecule has 0 aromatic carbocycles. The molecule has 0 radical (unpaired) electrons. The molecule has 0 amide bonds. The molecule has 5 heteroatoms. The van der Waals surface area contributed by atoms with E-state index in [-0.39, 0.29) is 0 Å². The SMILES string of the molecule is CC(=O)C(C(C)=O)C(=O)c1cnn2ccccc12. The standard InChI is InChI=1S/C13H12N2O3/c1-8(16)12(9(2)17)13(18)10-7-14-15-6-4-3-5-11(10)15/h3-7,12H,1-2H3. The van der Waals surface area contributed by atoms with Gasteiger partial charge in [-0.05, 0) is 26.0 Å². The van der Waals surface area contributed by atoms with Crippen LogP contribution in [0, 0.1) is 5.92 Å². The number of aromatic nitrogens is 2. The summed E-state index contributed by atoms with van der Waals surface area (Å²) in [6.45, 7) is 2.49. The highest BCUT2D eigenvalue weighted by atomic mass is 16.2. The number of pyridine rings is 1. The van der Waals surface area contributed by atoms with E-state index in [1.165, 1.54) is 24.6 Å². The van der Waals surface area contributed by atoms with Crippen LogP contribution in [0.1, 0.15) is 24.2 Å². The molecule has 0 saturated heterocycles. The smallest absolute Gasteiger partial charge is 0.184 e. The highest BCUT2D eigenvalue weighted by molar-refractivity contribution is 6.24. The summed E-state index contributed by atoms with van der Waals surface area (Å²) in [5.41, 5.74) is 0.890. The Morgan fingerprint density at radius 2 is 1.83 bits per heavy atom. The summed E-state index contributed by atoms with van der Waals surface area (Å²) in [7, 11) is 0. The first-order valence-electron chi connectivity index (χ1n) is 5.50. The summed E-state index contributed by atoms with van der Waals surface area (Å²) >= 11 is 0. The lowest BCUT2D eigenvalue weighted by Gasteiger charge is -2.07. The lowest BCUT2D eigenvalue weighted by Crippen LogP contribution is -2.28. The minimum absolute atomic E-state index is 0.297. The van der Waals surface area contributed by atoms with Crippen LogP contribution in [0.3, 0.4) is 0 Å². The van der Waals surface area contributed by atoms with Crippen LogP contribution in [0.5, 0.6) is 0 Å². The number of hydrogen-bond acceptors (Lipinski definition) is 4. The Hall–Kier alpha value is -2.30. The molecule has 0 spiro atoms. The first-order chi connectivity index (χ1) is 8.52. The van der Waals surface area contributed by atoms with Gasteiger partial charge < -0.3 is 0 Å². The van der Waals surface area contributed by atoms with Gasteiger partial charge >= 0.3 is 0 Å². The molecule has 5 nitrogen and oxygen atoms in total. The molecule has 0 unspecified atom stereocenters. The molecule has 2 heterocycles. The van der Waals surface area contributed by atoms with Crippen molar-refractivity contribution in [3.05, 3.63) is 36.2 Å². The van der Waals surface area contributed by atoms with Crippen LogP contribution >= 0.6 is 0 Å². The molecule has 2 aromatic rings. The maximum absolute atomic E-state index is 12.2. The van der Waals surface area contributed by atoms with Gasteiger partial charge in [0.05, 0.1) is 17.3 Å². The molecule has 0 N–H and O–H groups in total. The normalized spacial score (nSPS) is 10.8. The predicted molar refractivity (Wildman–Crippen MR) is 64.4 cm³/mol. The monoisotopic (exact) mass is 244 g/mol. The maximum atomic E-state index is 12.2. The van der Waals surface area contributed by atoms with Crippen LogP contribution in [0.4, 0.5) is 0 Å². The van der Waals surface area contributed by atoms with Crippen molar-refractivity contribution in [3.8, 4) is 0 Å². The van der Waals surface area contributed by atoms with Gasteiger partial charge in [-0.25, -0.2) is 4.52 Å². The van der Waals surface area contributed by atoms with E-state index < -0.39 is 23.3 Å². The molecule has 92 valence electrons. The summed E-state index contributed by atoms with van der Waals surface area (Å²) in [4.78, 5) is 35.0. The third kappa shape index (κ3) is 1.95. The second-order valence-electron chi connectivity index (χ2n) is 4.11. The minimum Gasteiger partial charge on any atom is -0.299 e. The van der Waals surface area contributed by atoms with Gasteiger partial charge in [0.1, 0.15) is 17.5 Å². The molecule has 0 atom stereocenters. The van der Waals surface area contributed by atoms with Crippen LogP contribution < -0.4 is 0 Å². The summed E-state index contributed by atoms with van der Waals surface area (Å²) in [5, 5.41) is 4.01. The average molecular weight is 244 g/mol. The fraction of sp³-hybridized carbons (Fsp3) is 0.231. The zero-order chi connectivity index (χ0) is 13.3. The molecule has 0 saturated carbocycles. The lowest BCUT2D eigenvalue weighted by molar-refractivity contribution is -0.128. The fourth-order valence-corrected chi connectivity index (χ4v) is 1.94. The quantitative estimate of drug-likeness (QED) is 0.600. The fourth-order valence-electron chi connectivity index (χ4n) is 1.94. The van der Waals surface area contributed by atoms with Crippen LogP contribution in [-0.4, -0.2) is 27.0 Å². The van der Waals surface area contributed by atoms with Crippen molar-refractivity contribution in [3.63, 3.8) is 0 Å². The van der Waals surface area contributed by atoms with Crippen LogP contribution in [-0.2, 0) is 9.59 Å². The molecule has 0 aliphatic rings. The van der Waals surface area contributed by atoms with E-state index >= 15 is 0 Å². The second kappa shape index (κ2) is 4.52. The van der Waals surface area contributed by atoms with Crippen molar-refractivity contribution in [2.45, 2.75) is 13.8 Å². The van der Waals surface area contributed by atoms with Crippen LogP contribution in [0.15, 0.2) is 30.6 Å². The largest absolute Gasteiger partial charge is 0.299 e. The van der Waals surface area contributed by atoms with Crippen molar-refractivity contribution in [1.29, 1.82) is 0 Å². The van der Waals surface area contributed by atoms with Gasteiger partial charge in [0.15, 0.2) is 5.78 Å². The van der Waals surface area contributed by atoms with Gasteiger partial charge in [0, 0.05) is 6.20 Å². The van der Waals surface area contributed by atoms with Gasteiger partial charge in [-0.1, -0.05) is 6.07 Å². The van der Waals surface area contributed by atoms with E-state index in [1.807, 2.05) is 0 Å². The predicted octanol–water partition coefficient (Wildman–Crippen LogP) is 1.31. The zero-order valence-corrected chi connectivity index (χ0v) is 10.1. The first kappa shape index (κ1) is 12.2. The Morgan fingerprint density at radius 3 is 2.44 bits per heavy atom. The van der Waals surface area contributed by atoms with Crippen molar-refractivity contribution in [2.75, 3.05) is 0 Å². The molecule has 2 aromatic heterocycles. The van der Waals surface area contributed by atoms with E-state index in [0.29, 0.717) is 11.1 Å². The maximum Gasteiger partial charge on any atom is 0.184 e. The van der Waals surface area contributed by atoms with Gasteiger partial charge in [-0.2, -0.15) is 5.10 Å². The van der Waals surface area contributed by atoms with E-state index in [1.54, 1.807) is 24.4 Å². The molecular formula is C13H12N2O3. The van der Waals surface area contributed by atoms with Gasteiger partial charge in [0.25, 0.3) is 0 Å². The van der Waals surface area contributed by atoms with Crippen molar-refractivity contribution < 1.29 is 14.4 Å². The number of fused-ring (bicyclic) bond motifs is 1. The molecule has 0 aliphatic carbocycles. The first-order valence-corrected chi connectivity index (χ1v) is 5.50. The Labute approximate surface area is 103 Å². The van der Waals surface area contributed by atoms with Crippen molar-refractivity contribution in [2.24, 2.45) is 5.92 Å². The number of hydrogen-bond donors (Lipinski definition) is 0. The lowest BCUT2D eigenvalue weighted by atomic mass is 9.92. The minimum atomic E-state index is -1.22. The number of ketones is 3. The molecule has 0 fully saturated rings. The topological polar surface area (TPSA) is 68.5 Å². The van der Waals surface area contributed by atoms with Gasteiger partial charge in [-0.15, -0.1) is 0 Å². The molecule has 2 rings (SSSR count). The van der Waals surface area contributed by atoms with Gasteiger partial charge in [-0.3, -0.25) is 14.4 Å². The van der Waals surface area contributed by atoms with E-state index in [4.69, 9.17) is 0 Å². The van der Waals surface area contributed by atoms with Crippen LogP contribution in [0.25, 0.3) is 5.52 Å². The summed E-state index contributed by atoms with van der Waals surface area (Å²) in [6, 6.07) is 5.27. The molecule has 18 heavy (non-hydrogen) atoms. The molecular weight excluding hydrogens is 232 g/mol. The van der Waals surface area contributed by atoms with E-state index in [2.05, 4.69) is 5.10 Å². The number of rotatable bonds is 4. The highest BCUT2D eigenvalue weighted by Gasteiger charge is 2.30. The summed E-state index contributed by atoms with van der Waals surface area (Å²) in [6.07, 6.45) is 3.08. The Morgan fingerprint density at radius 1 is 1.17 bits per heavy atom. The van der Waals surface area contributed by atoms with E-state index in [9.17, 15) is 14.4 Å². The van der Waals surface area contributed by atoms with Crippen molar-refractivity contribution >= 4 is 22.9 Å². The molecule has 0 aliphatic heterocycles. The zero-order valence-electron chi connectivity index (χ0n) is 10.1. The third-order valence-corrected chi connectivity index (χ3v) is 2.77. The average Bonchev–Trinajstić information content (AvgIpc) is 2.71. The molecule has 0 bridgehead atoms. The number of carbonyl (C=O) groups excluding carboxylic acids is 3. The van der Waals surface area contributed by atoms with Crippen molar-refractivity contribution in [1.82, 2.24) is 9.61 Å². The number of carbonyl (C=O) groups is 3. The summed E-state index contributed by atoms with van der Waals surface area (Å²) < 4.78 is 1.53. The number of nitrogens with zero attached hydrogens (tertiary/aromatic N) is 2. The van der Waals surface area contributed by atoms with Crippen LogP contribution in [0.2, 0.25) is 0 Å². The second-order valence-corrected chi connectivity index (χ2v) is 4.11. The third-order valence-electron chi connectivity index (χ3n) is 2.77. The summed E-state index contributed by atoms with van der Waals surface area (Å²) in [5.74, 6) is -2.60.